The number of aromatic nitrogens is 2. The summed E-state index contributed by atoms with van der Waals surface area (Å²) in [4.78, 5) is 16.5. The molecule has 0 spiro atoms. The summed E-state index contributed by atoms with van der Waals surface area (Å²) < 4.78 is 36.1. The van der Waals surface area contributed by atoms with E-state index >= 15 is 0 Å². The van der Waals surface area contributed by atoms with Gasteiger partial charge in [0.05, 0.1) is 36.1 Å². The highest BCUT2D eigenvalue weighted by Gasteiger charge is 2.21. The Morgan fingerprint density at radius 1 is 1.11 bits per heavy atom. The zero-order valence-electron chi connectivity index (χ0n) is 20.4. The monoisotopic (exact) mass is 507 g/mol. The van der Waals surface area contributed by atoms with Crippen molar-refractivity contribution >= 4 is 38.9 Å². The Morgan fingerprint density at radius 3 is 2.69 bits per heavy atom. The zero-order chi connectivity index (χ0) is 25.1. The molecule has 1 saturated heterocycles. The van der Waals surface area contributed by atoms with Crippen molar-refractivity contribution in [1.29, 1.82) is 0 Å². The lowest BCUT2D eigenvalue weighted by atomic mass is 10.1. The van der Waals surface area contributed by atoms with Crippen LogP contribution in [0.25, 0.3) is 0 Å². The summed E-state index contributed by atoms with van der Waals surface area (Å²) in [6, 6.07) is 13.0. The molecule has 0 radical (unpaired) electrons. The Kier molecular flexibility index (Phi) is 6.88. The average molecular weight is 508 g/mol. The Bertz CT molecular complexity index is 1400. The molecule has 36 heavy (non-hydrogen) atoms. The number of nitrogens with zero attached hydrogens (tertiary/aromatic N) is 4. The molecular formula is C26H29N5O4S. The van der Waals surface area contributed by atoms with Crippen LogP contribution in [0.15, 0.2) is 52.4 Å². The Hall–Kier alpha value is -3.50. The van der Waals surface area contributed by atoms with Crippen LogP contribution >= 0.6 is 0 Å². The molecule has 0 amide bonds. The number of sulfone groups is 1. The fraction of sp³-hybridized carbons (Fsp3) is 0.346. The first-order valence-electron chi connectivity index (χ1n) is 12.0. The van der Waals surface area contributed by atoms with Gasteiger partial charge in [-0.15, -0.1) is 0 Å². The third-order valence-corrected chi connectivity index (χ3v) is 7.28. The van der Waals surface area contributed by atoms with Crippen LogP contribution in [0.2, 0.25) is 0 Å². The second kappa shape index (κ2) is 10.2. The van der Waals surface area contributed by atoms with E-state index in [1.807, 2.05) is 6.92 Å². The van der Waals surface area contributed by atoms with Gasteiger partial charge in [-0.05, 0) is 25.1 Å². The standard InChI is InChI=1S/C26H29N5O4S/c1-3-35-22-17-19(31-12-14-34-15-13-31)9-8-18(22)16-24-28-21-10-11-27-25(21)26(30-24)29-20-6-4-5-7-23(20)36(2,32)33/h4-9,11,17H,3,10,12-16H2,1-2H3,(H,28,29,30). The summed E-state index contributed by atoms with van der Waals surface area (Å²) in [7, 11) is -3.42. The van der Waals surface area contributed by atoms with Gasteiger partial charge in [-0.3, -0.25) is 4.99 Å². The summed E-state index contributed by atoms with van der Waals surface area (Å²) >= 11 is 0. The minimum atomic E-state index is -3.42. The second-order valence-corrected chi connectivity index (χ2v) is 10.7. The number of para-hydroxylation sites is 1. The SMILES string of the molecule is CCOc1cc(N2CCOCC2)ccc1Cc1nc2c(c(Nc3ccccc3S(C)(=O)=O)n1)N=CC2. The molecular weight excluding hydrogens is 478 g/mol. The maximum absolute atomic E-state index is 12.3. The van der Waals surface area contributed by atoms with E-state index < -0.39 is 9.84 Å². The van der Waals surface area contributed by atoms with Crippen LogP contribution in [0.5, 0.6) is 5.75 Å². The van der Waals surface area contributed by atoms with Crippen molar-refractivity contribution in [3.05, 3.63) is 59.5 Å². The molecule has 1 aromatic heterocycles. The van der Waals surface area contributed by atoms with E-state index in [0.29, 0.717) is 42.5 Å². The molecule has 0 aliphatic carbocycles. The third-order valence-electron chi connectivity index (χ3n) is 6.12. The van der Waals surface area contributed by atoms with Gasteiger partial charge in [-0.2, -0.15) is 0 Å². The van der Waals surface area contributed by atoms with Crippen LogP contribution in [0.4, 0.5) is 22.9 Å². The topological polar surface area (TPSA) is 106 Å². The molecule has 2 aliphatic heterocycles. The number of morpholine rings is 1. The molecule has 188 valence electrons. The van der Waals surface area contributed by atoms with Crippen LogP contribution < -0.4 is 15.0 Å². The molecule has 0 saturated carbocycles. The van der Waals surface area contributed by atoms with E-state index in [4.69, 9.17) is 19.4 Å². The molecule has 9 nitrogen and oxygen atoms in total. The Morgan fingerprint density at radius 2 is 1.92 bits per heavy atom. The van der Waals surface area contributed by atoms with Crippen molar-refractivity contribution in [1.82, 2.24) is 9.97 Å². The van der Waals surface area contributed by atoms with Gasteiger partial charge in [-0.1, -0.05) is 18.2 Å². The number of fused-ring (bicyclic) bond motifs is 1. The minimum Gasteiger partial charge on any atom is -0.494 e. The van der Waals surface area contributed by atoms with Gasteiger partial charge < -0.3 is 19.7 Å². The molecule has 2 aromatic carbocycles. The van der Waals surface area contributed by atoms with Crippen molar-refractivity contribution in [2.24, 2.45) is 4.99 Å². The molecule has 3 aromatic rings. The average Bonchev–Trinajstić information content (AvgIpc) is 3.35. The van der Waals surface area contributed by atoms with E-state index in [0.717, 1.165) is 49.0 Å². The summed E-state index contributed by atoms with van der Waals surface area (Å²) in [6.07, 6.45) is 4.05. The number of hydrogen-bond acceptors (Lipinski definition) is 9. The molecule has 3 heterocycles. The molecule has 1 fully saturated rings. The van der Waals surface area contributed by atoms with Gasteiger partial charge in [0.15, 0.2) is 15.7 Å². The fourth-order valence-corrected chi connectivity index (χ4v) is 5.25. The highest BCUT2D eigenvalue weighted by Crippen LogP contribution is 2.35. The lowest BCUT2D eigenvalue weighted by Gasteiger charge is -2.29. The number of benzene rings is 2. The number of hydrogen-bond donors (Lipinski definition) is 1. The van der Waals surface area contributed by atoms with E-state index in [-0.39, 0.29) is 4.90 Å². The molecule has 5 rings (SSSR count). The third kappa shape index (κ3) is 5.19. The Labute approximate surface area is 211 Å². The largest absolute Gasteiger partial charge is 0.494 e. The van der Waals surface area contributed by atoms with Crippen LogP contribution in [0.1, 0.15) is 24.0 Å². The number of aliphatic imine (C=N–C) groups is 1. The second-order valence-electron chi connectivity index (χ2n) is 8.69. The highest BCUT2D eigenvalue weighted by atomic mass is 32.2. The number of anilines is 3. The van der Waals surface area contributed by atoms with Crippen molar-refractivity contribution in [2.75, 3.05) is 49.4 Å². The van der Waals surface area contributed by atoms with Crippen molar-refractivity contribution < 1.29 is 17.9 Å². The summed E-state index contributed by atoms with van der Waals surface area (Å²) in [6.45, 7) is 5.65. The van der Waals surface area contributed by atoms with Crippen LogP contribution in [-0.2, 0) is 27.4 Å². The first-order chi connectivity index (χ1) is 17.4. The van der Waals surface area contributed by atoms with Crippen LogP contribution in [-0.4, -0.2) is 63.8 Å². The predicted octanol–water partition coefficient (Wildman–Crippen LogP) is 3.71. The number of rotatable bonds is 8. The molecule has 10 heteroatoms. The first kappa shape index (κ1) is 24.2. The zero-order valence-corrected chi connectivity index (χ0v) is 21.2. The molecule has 0 unspecified atom stereocenters. The summed E-state index contributed by atoms with van der Waals surface area (Å²) in [5.74, 6) is 1.90. The normalized spacial score (nSPS) is 15.1. The van der Waals surface area contributed by atoms with E-state index in [2.05, 4.69) is 33.4 Å². The summed E-state index contributed by atoms with van der Waals surface area (Å²) in [5, 5.41) is 3.20. The van der Waals surface area contributed by atoms with Crippen molar-refractivity contribution in [3.8, 4) is 5.75 Å². The minimum absolute atomic E-state index is 0.207. The van der Waals surface area contributed by atoms with Gasteiger partial charge in [0, 0.05) is 55.7 Å². The number of nitrogens with one attached hydrogen (secondary N) is 1. The predicted molar refractivity (Wildman–Crippen MR) is 140 cm³/mol. The van der Waals surface area contributed by atoms with Gasteiger partial charge >= 0.3 is 0 Å². The smallest absolute Gasteiger partial charge is 0.177 e. The Balaban J connectivity index is 1.47. The van der Waals surface area contributed by atoms with Gasteiger partial charge in [0.25, 0.3) is 0 Å². The first-order valence-corrected chi connectivity index (χ1v) is 13.9. The highest BCUT2D eigenvalue weighted by molar-refractivity contribution is 7.90. The maximum atomic E-state index is 12.3. The lowest BCUT2D eigenvalue weighted by molar-refractivity contribution is 0.122. The molecule has 1 N–H and O–H groups in total. The van der Waals surface area contributed by atoms with Crippen molar-refractivity contribution in [2.45, 2.75) is 24.7 Å². The molecule has 0 atom stereocenters. The molecule has 0 bridgehead atoms. The summed E-state index contributed by atoms with van der Waals surface area (Å²) in [5.41, 5.74) is 3.99. The maximum Gasteiger partial charge on any atom is 0.177 e. The number of ether oxygens (including phenoxy) is 2. The van der Waals surface area contributed by atoms with Crippen molar-refractivity contribution in [3.63, 3.8) is 0 Å². The fourth-order valence-electron chi connectivity index (χ4n) is 4.41. The van der Waals surface area contributed by atoms with Gasteiger partial charge in [-0.25, -0.2) is 18.4 Å². The van der Waals surface area contributed by atoms with E-state index in [9.17, 15) is 8.42 Å². The van der Waals surface area contributed by atoms with E-state index in [1.165, 1.54) is 6.26 Å². The van der Waals surface area contributed by atoms with Gasteiger partial charge in [0.2, 0.25) is 0 Å². The lowest BCUT2D eigenvalue weighted by Crippen LogP contribution is -2.36. The quantitative estimate of drug-likeness (QED) is 0.492. The van der Waals surface area contributed by atoms with Crippen LogP contribution in [0.3, 0.4) is 0 Å². The van der Waals surface area contributed by atoms with Gasteiger partial charge in [0.1, 0.15) is 17.3 Å². The molecule has 2 aliphatic rings. The van der Waals surface area contributed by atoms with E-state index in [1.54, 1.807) is 30.5 Å². The van der Waals surface area contributed by atoms with Crippen LogP contribution in [0, 0.1) is 0 Å².